The van der Waals surface area contributed by atoms with Crippen LogP contribution in [0.1, 0.15) is 15.9 Å². The van der Waals surface area contributed by atoms with Crippen LogP contribution in [0.5, 0.6) is 11.5 Å². The van der Waals surface area contributed by atoms with E-state index in [9.17, 15) is 18.0 Å². The number of hydrazone groups is 1. The van der Waals surface area contributed by atoms with Gasteiger partial charge in [0, 0.05) is 24.2 Å². The van der Waals surface area contributed by atoms with E-state index in [-0.39, 0.29) is 30.1 Å². The van der Waals surface area contributed by atoms with E-state index in [1.54, 1.807) is 18.2 Å². The van der Waals surface area contributed by atoms with E-state index in [1.807, 2.05) is 0 Å². The molecule has 34 heavy (non-hydrogen) atoms. The van der Waals surface area contributed by atoms with Gasteiger partial charge in [-0.25, -0.2) is 13.8 Å². The van der Waals surface area contributed by atoms with Crippen LogP contribution in [0.15, 0.2) is 52.5 Å². The van der Waals surface area contributed by atoms with Crippen LogP contribution in [0.4, 0.5) is 0 Å². The average molecular weight is 491 g/mol. The van der Waals surface area contributed by atoms with Crippen LogP contribution >= 0.6 is 0 Å². The van der Waals surface area contributed by atoms with Gasteiger partial charge in [-0.1, -0.05) is 0 Å². The third-order valence-corrected chi connectivity index (χ3v) is 6.88. The first-order valence-electron chi connectivity index (χ1n) is 10.3. The number of hydrogen-bond donors (Lipinski definition) is 2. The van der Waals surface area contributed by atoms with Gasteiger partial charge < -0.3 is 19.5 Å². The molecule has 0 saturated carbocycles. The number of carbonyl (C=O) groups excluding carboxylic acids is 2. The van der Waals surface area contributed by atoms with Gasteiger partial charge in [0.05, 0.1) is 45.1 Å². The van der Waals surface area contributed by atoms with Crippen molar-refractivity contribution in [1.29, 1.82) is 0 Å². The topological polar surface area (TPSA) is 136 Å². The predicted octanol–water partition coefficient (Wildman–Crippen LogP) is 0.605. The van der Waals surface area contributed by atoms with E-state index in [0.717, 1.165) is 0 Å². The fourth-order valence-electron chi connectivity index (χ4n) is 3.13. The van der Waals surface area contributed by atoms with Gasteiger partial charge in [0.2, 0.25) is 10.0 Å². The number of nitrogens with one attached hydrogen (secondary N) is 2. The Morgan fingerprint density at radius 1 is 1.09 bits per heavy atom. The van der Waals surface area contributed by atoms with Gasteiger partial charge in [-0.05, 0) is 42.5 Å². The standard InChI is InChI=1S/C22H26N4O7S/c1-31-18-5-8-20(32-2)17(13-18)14-24-25-21(27)15-23-22(28)16-3-6-19(7-4-16)34(29,30)26-9-11-33-12-10-26/h3-8,13-14H,9-12,15H2,1-2H3,(H,23,28)(H,25,27)/b24-14-. The van der Waals surface area contributed by atoms with Crippen molar-refractivity contribution in [2.24, 2.45) is 5.10 Å². The van der Waals surface area contributed by atoms with Crippen LogP contribution in [0.25, 0.3) is 0 Å². The minimum absolute atomic E-state index is 0.0889. The summed E-state index contributed by atoms with van der Waals surface area (Å²) < 4.78 is 42.2. The molecule has 2 amide bonds. The molecule has 2 aromatic carbocycles. The second kappa shape index (κ2) is 11.6. The van der Waals surface area contributed by atoms with E-state index in [1.165, 1.54) is 49.0 Å². The van der Waals surface area contributed by atoms with Crippen LogP contribution in [0, 0.1) is 0 Å². The summed E-state index contributed by atoms with van der Waals surface area (Å²) >= 11 is 0. The van der Waals surface area contributed by atoms with Crippen LogP contribution in [0.3, 0.4) is 0 Å². The lowest BCUT2D eigenvalue weighted by Crippen LogP contribution is -2.40. The zero-order valence-electron chi connectivity index (χ0n) is 18.8. The molecule has 0 aliphatic carbocycles. The van der Waals surface area contributed by atoms with Gasteiger partial charge in [0.25, 0.3) is 11.8 Å². The van der Waals surface area contributed by atoms with Crippen LogP contribution in [-0.2, 0) is 19.6 Å². The molecule has 1 aliphatic rings. The van der Waals surface area contributed by atoms with Gasteiger partial charge in [-0.3, -0.25) is 9.59 Å². The van der Waals surface area contributed by atoms with Gasteiger partial charge in [-0.2, -0.15) is 9.41 Å². The van der Waals surface area contributed by atoms with Crippen molar-refractivity contribution < 1.29 is 32.2 Å². The normalized spacial score (nSPS) is 14.5. The lowest BCUT2D eigenvalue weighted by atomic mass is 10.2. The van der Waals surface area contributed by atoms with E-state index in [2.05, 4.69) is 15.8 Å². The van der Waals surface area contributed by atoms with Crippen molar-refractivity contribution in [3.63, 3.8) is 0 Å². The Labute approximate surface area is 197 Å². The first-order chi connectivity index (χ1) is 16.3. The van der Waals surface area contributed by atoms with Crippen molar-refractivity contribution in [3.8, 4) is 11.5 Å². The summed E-state index contributed by atoms with van der Waals surface area (Å²) in [6.45, 7) is 0.941. The molecule has 0 spiro atoms. The third-order valence-electron chi connectivity index (χ3n) is 4.96. The Morgan fingerprint density at radius 3 is 2.44 bits per heavy atom. The third kappa shape index (κ3) is 6.31. The molecule has 1 heterocycles. The molecule has 0 radical (unpaired) electrons. The molecule has 2 aromatic rings. The number of sulfonamides is 1. The summed E-state index contributed by atoms with van der Waals surface area (Å²) in [6, 6.07) is 10.7. The van der Waals surface area contributed by atoms with Crippen LogP contribution in [0.2, 0.25) is 0 Å². The van der Waals surface area contributed by atoms with Crippen molar-refractivity contribution in [2.75, 3.05) is 47.1 Å². The Bertz CT molecular complexity index is 1140. The first kappa shape index (κ1) is 25.1. The smallest absolute Gasteiger partial charge is 0.259 e. The molecule has 0 aromatic heterocycles. The summed E-state index contributed by atoms with van der Waals surface area (Å²) in [7, 11) is -0.605. The fraction of sp³-hybridized carbons (Fsp3) is 0.318. The lowest BCUT2D eigenvalue weighted by molar-refractivity contribution is -0.120. The van der Waals surface area contributed by atoms with Gasteiger partial charge in [0.15, 0.2) is 0 Å². The SMILES string of the molecule is COc1ccc(OC)c(/C=N\NC(=O)CNC(=O)c2ccc(S(=O)(=O)N3CCOCC3)cc2)c1. The zero-order chi connectivity index (χ0) is 24.6. The van der Waals surface area contributed by atoms with Gasteiger partial charge >= 0.3 is 0 Å². The van der Waals surface area contributed by atoms with E-state index < -0.39 is 21.8 Å². The van der Waals surface area contributed by atoms with E-state index in [0.29, 0.717) is 30.3 Å². The quantitative estimate of drug-likeness (QED) is 0.388. The first-order valence-corrected chi connectivity index (χ1v) is 11.8. The molecule has 1 saturated heterocycles. The molecular weight excluding hydrogens is 464 g/mol. The number of morpholine rings is 1. The summed E-state index contributed by atoms with van der Waals surface area (Å²) in [6.07, 6.45) is 1.40. The maximum atomic E-state index is 12.7. The number of rotatable bonds is 9. The van der Waals surface area contributed by atoms with Crippen molar-refractivity contribution >= 4 is 28.1 Å². The van der Waals surface area contributed by atoms with E-state index in [4.69, 9.17) is 14.2 Å². The number of hydrogen-bond acceptors (Lipinski definition) is 8. The molecule has 11 nitrogen and oxygen atoms in total. The molecule has 12 heteroatoms. The second-order valence-corrected chi connectivity index (χ2v) is 9.06. The second-order valence-electron chi connectivity index (χ2n) is 7.12. The van der Waals surface area contributed by atoms with E-state index >= 15 is 0 Å². The van der Waals surface area contributed by atoms with Crippen LogP contribution < -0.4 is 20.2 Å². The Hall–Kier alpha value is -3.48. The number of methoxy groups -OCH3 is 2. The van der Waals surface area contributed by atoms with Crippen LogP contribution in [-0.4, -0.2) is 77.8 Å². The highest BCUT2D eigenvalue weighted by Crippen LogP contribution is 2.22. The summed E-state index contributed by atoms with van der Waals surface area (Å²) in [5.41, 5.74) is 3.13. The average Bonchev–Trinajstić information content (AvgIpc) is 2.87. The van der Waals surface area contributed by atoms with Crippen molar-refractivity contribution in [2.45, 2.75) is 4.90 Å². The number of amides is 2. The summed E-state index contributed by atoms with van der Waals surface area (Å²) in [5, 5.41) is 6.33. The van der Waals surface area contributed by atoms with Gasteiger partial charge in [0.1, 0.15) is 11.5 Å². The largest absolute Gasteiger partial charge is 0.497 e. The Kier molecular flexibility index (Phi) is 8.57. The summed E-state index contributed by atoms with van der Waals surface area (Å²) in [4.78, 5) is 24.4. The van der Waals surface area contributed by atoms with Crippen molar-refractivity contribution in [1.82, 2.24) is 15.0 Å². The number of carbonyl (C=O) groups is 2. The highest BCUT2D eigenvalue weighted by Gasteiger charge is 2.26. The number of benzene rings is 2. The molecule has 2 N–H and O–H groups in total. The lowest BCUT2D eigenvalue weighted by Gasteiger charge is -2.26. The molecular formula is C22H26N4O7S. The fourth-order valence-corrected chi connectivity index (χ4v) is 4.54. The highest BCUT2D eigenvalue weighted by molar-refractivity contribution is 7.89. The molecule has 0 bridgehead atoms. The molecule has 3 rings (SSSR count). The van der Waals surface area contributed by atoms with Gasteiger partial charge in [-0.15, -0.1) is 0 Å². The molecule has 0 atom stereocenters. The number of ether oxygens (including phenoxy) is 3. The molecule has 1 fully saturated rings. The number of nitrogens with zero attached hydrogens (tertiary/aromatic N) is 2. The maximum Gasteiger partial charge on any atom is 0.259 e. The molecule has 182 valence electrons. The minimum Gasteiger partial charge on any atom is -0.497 e. The molecule has 0 unspecified atom stereocenters. The molecule has 1 aliphatic heterocycles. The predicted molar refractivity (Wildman–Crippen MR) is 124 cm³/mol. The van der Waals surface area contributed by atoms with Crippen molar-refractivity contribution in [3.05, 3.63) is 53.6 Å². The highest BCUT2D eigenvalue weighted by atomic mass is 32.2. The zero-order valence-corrected chi connectivity index (χ0v) is 19.6. The monoisotopic (exact) mass is 490 g/mol. The summed E-state index contributed by atoms with van der Waals surface area (Å²) in [5.74, 6) is 0.0812. The Balaban J connectivity index is 1.52. The maximum absolute atomic E-state index is 12.7. The Morgan fingerprint density at radius 2 is 1.79 bits per heavy atom. The minimum atomic E-state index is -3.65.